The molecule has 0 amide bonds. The molecule has 0 spiro atoms. The minimum Gasteiger partial charge on any atom is -0.462 e. The molecule has 0 aliphatic heterocycles. The Bertz CT molecular complexity index is 962. The van der Waals surface area contributed by atoms with Crippen LogP contribution in [0.4, 0.5) is 0 Å². The Hall–Kier alpha value is -1.85. The van der Waals surface area contributed by atoms with Crippen LogP contribution in [0.3, 0.4) is 0 Å². The molecule has 0 N–H and O–H groups in total. The van der Waals surface area contributed by atoms with E-state index < -0.39 is 6.10 Å². The van der Waals surface area contributed by atoms with Gasteiger partial charge in [-0.25, -0.2) is 0 Å². The third-order valence-electron chi connectivity index (χ3n) is 12.5. The number of hydrogen-bond acceptors (Lipinski definition) is 6. The molecule has 0 saturated carbocycles. The molecule has 0 heterocycles. The first-order valence-electron chi connectivity index (χ1n) is 27.7. The first-order chi connectivity index (χ1) is 30.5. The lowest BCUT2D eigenvalue weighted by atomic mass is 10.0. The van der Waals surface area contributed by atoms with Crippen molar-refractivity contribution >= 4 is 17.9 Å². The standard InChI is InChI=1S/C56H106O6/c1-4-7-10-13-16-18-20-22-23-24-25-26-27-28-29-30-31-32-34-35-37-40-43-46-49-55(58)61-52-53(51-60-54(57)48-45-42-39-15-12-9-6-3)62-56(59)50-47-44-41-38-36-33-21-19-17-14-11-8-5-2/h19,21,53H,4-18,20,22-52H2,1-3H3/b21-19-. The van der Waals surface area contributed by atoms with Gasteiger partial charge in [0, 0.05) is 19.3 Å². The number of rotatable bonds is 51. The molecule has 0 aromatic heterocycles. The van der Waals surface area contributed by atoms with E-state index in [-0.39, 0.29) is 31.1 Å². The van der Waals surface area contributed by atoms with Gasteiger partial charge in [0.25, 0.3) is 0 Å². The van der Waals surface area contributed by atoms with E-state index in [1.165, 1.54) is 205 Å². The summed E-state index contributed by atoms with van der Waals surface area (Å²) in [5.41, 5.74) is 0. The monoisotopic (exact) mass is 875 g/mol. The summed E-state index contributed by atoms with van der Waals surface area (Å²) in [7, 11) is 0. The van der Waals surface area contributed by atoms with E-state index in [1.54, 1.807) is 0 Å². The molecule has 0 fully saturated rings. The van der Waals surface area contributed by atoms with Gasteiger partial charge in [-0.1, -0.05) is 258 Å². The molecule has 366 valence electrons. The summed E-state index contributed by atoms with van der Waals surface area (Å²) < 4.78 is 16.7. The second-order valence-electron chi connectivity index (χ2n) is 18.9. The van der Waals surface area contributed by atoms with E-state index in [0.717, 1.165) is 64.2 Å². The van der Waals surface area contributed by atoms with E-state index in [0.29, 0.717) is 19.3 Å². The van der Waals surface area contributed by atoms with Gasteiger partial charge >= 0.3 is 17.9 Å². The number of carbonyl (C=O) groups is 3. The number of unbranched alkanes of at least 4 members (excludes halogenated alkanes) is 38. The summed E-state index contributed by atoms with van der Waals surface area (Å²) in [6, 6.07) is 0. The van der Waals surface area contributed by atoms with Crippen molar-refractivity contribution in [3.8, 4) is 0 Å². The van der Waals surface area contributed by atoms with Gasteiger partial charge in [-0.3, -0.25) is 14.4 Å². The van der Waals surface area contributed by atoms with Gasteiger partial charge in [-0.05, 0) is 44.9 Å². The average molecular weight is 875 g/mol. The van der Waals surface area contributed by atoms with Gasteiger partial charge in [0.15, 0.2) is 6.10 Å². The van der Waals surface area contributed by atoms with Gasteiger partial charge < -0.3 is 14.2 Å². The fourth-order valence-electron chi connectivity index (χ4n) is 8.32. The van der Waals surface area contributed by atoms with E-state index >= 15 is 0 Å². The quantitative estimate of drug-likeness (QED) is 0.0262. The fourth-order valence-corrected chi connectivity index (χ4v) is 8.32. The van der Waals surface area contributed by atoms with Crippen molar-refractivity contribution in [2.45, 2.75) is 316 Å². The summed E-state index contributed by atoms with van der Waals surface area (Å²) in [4.78, 5) is 37.8. The van der Waals surface area contributed by atoms with Crippen molar-refractivity contribution in [2.24, 2.45) is 0 Å². The molecular formula is C56H106O6. The van der Waals surface area contributed by atoms with Crippen LogP contribution >= 0.6 is 0 Å². The van der Waals surface area contributed by atoms with Gasteiger partial charge in [0.2, 0.25) is 0 Å². The smallest absolute Gasteiger partial charge is 0.306 e. The molecule has 62 heavy (non-hydrogen) atoms. The third kappa shape index (κ3) is 49.2. The van der Waals surface area contributed by atoms with Gasteiger partial charge in [-0.15, -0.1) is 0 Å². The predicted octanol–water partition coefficient (Wildman–Crippen LogP) is 18.2. The Balaban J connectivity index is 4.07. The van der Waals surface area contributed by atoms with Crippen LogP contribution in [0.15, 0.2) is 12.2 Å². The highest BCUT2D eigenvalue weighted by molar-refractivity contribution is 5.71. The summed E-state index contributed by atoms with van der Waals surface area (Å²) in [6.07, 6.45) is 58.0. The Kier molecular flexibility index (Phi) is 50.2. The minimum absolute atomic E-state index is 0.0686. The van der Waals surface area contributed by atoms with Crippen LogP contribution in [0.25, 0.3) is 0 Å². The van der Waals surface area contributed by atoms with E-state index in [9.17, 15) is 14.4 Å². The van der Waals surface area contributed by atoms with Crippen molar-refractivity contribution in [3.63, 3.8) is 0 Å². The van der Waals surface area contributed by atoms with Crippen LogP contribution in [0.5, 0.6) is 0 Å². The zero-order chi connectivity index (χ0) is 45.1. The number of allylic oxidation sites excluding steroid dienone is 2. The Morgan fingerprint density at radius 3 is 0.823 bits per heavy atom. The van der Waals surface area contributed by atoms with Gasteiger partial charge in [0.05, 0.1) is 0 Å². The number of ether oxygens (including phenoxy) is 3. The van der Waals surface area contributed by atoms with Crippen molar-refractivity contribution in [1.82, 2.24) is 0 Å². The second-order valence-corrected chi connectivity index (χ2v) is 18.9. The molecule has 6 nitrogen and oxygen atoms in total. The van der Waals surface area contributed by atoms with Crippen LogP contribution in [-0.2, 0) is 28.6 Å². The fraction of sp³-hybridized carbons (Fsp3) is 0.911. The van der Waals surface area contributed by atoms with Crippen LogP contribution in [0.2, 0.25) is 0 Å². The topological polar surface area (TPSA) is 78.9 Å². The van der Waals surface area contributed by atoms with Gasteiger partial charge in [0.1, 0.15) is 13.2 Å². The highest BCUT2D eigenvalue weighted by Crippen LogP contribution is 2.17. The number of esters is 3. The maximum atomic E-state index is 12.7. The largest absolute Gasteiger partial charge is 0.462 e. The lowest BCUT2D eigenvalue weighted by Crippen LogP contribution is -2.30. The van der Waals surface area contributed by atoms with E-state index in [1.807, 2.05) is 0 Å². The molecule has 0 aliphatic carbocycles. The molecule has 1 atom stereocenters. The Labute approximate surface area is 386 Å². The highest BCUT2D eigenvalue weighted by atomic mass is 16.6. The average Bonchev–Trinajstić information content (AvgIpc) is 3.27. The molecule has 0 rings (SSSR count). The summed E-state index contributed by atoms with van der Waals surface area (Å²) in [5.74, 6) is -0.867. The minimum atomic E-state index is -0.766. The predicted molar refractivity (Wildman–Crippen MR) is 266 cm³/mol. The molecule has 1 unspecified atom stereocenters. The van der Waals surface area contributed by atoms with Crippen LogP contribution < -0.4 is 0 Å². The zero-order valence-corrected chi connectivity index (χ0v) is 41.9. The third-order valence-corrected chi connectivity index (χ3v) is 12.5. The lowest BCUT2D eigenvalue weighted by Gasteiger charge is -2.18. The van der Waals surface area contributed by atoms with E-state index in [4.69, 9.17) is 14.2 Å². The summed E-state index contributed by atoms with van der Waals surface area (Å²) in [5, 5.41) is 0. The SMILES string of the molecule is CCCCCC/C=C\CCCCCCCC(=O)OC(COC(=O)CCCCCCCCC)COC(=O)CCCCCCCCCCCCCCCCCCCCCCCCCC. The summed E-state index contributed by atoms with van der Waals surface area (Å²) in [6.45, 7) is 6.62. The van der Waals surface area contributed by atoms with Crippen molar-refractivity contribution in [3.05, 3.63) is 12.2 Å². The second kappa shape index (κ2) is 51.8. The Morgan fingerprint density at radius 2 is 0.532 bits per heavy atom. The van der Waals surface area contributed by atoms with Gasteiger partial charge in [-0.2, -0.15) is 0 Å². The number of carbonyl (C=O) groups excluding carboxylic acids is 3. The van der Waals surface area contributed by atoms with Crippen LogP contribution in [0.1, 0.15) is 310 Å². The van der Waals surface area contributed by atoms with Crippen LogP contribution in [0, 0.1) is 0 Å². The Morgan fingerprint density at radius 1 is 0.306 bits per heavy atom. The first-order valence-corrected chi connectivity index (χ1v) is 27.7. The molecule has 0 radical (unpaired) electrons. The summed E-state index contributed by atoms with van der Waals surface area (Å²) >= 11 is 0. The first kappa shape index (κ1) is 60.2. The molecule has 0 aliphatic rings. The maximum Gasteiger partial charge on any atom is 0.306 e. The molecule has 0 saturated heterocycles. The van der Waals surface area contributed by atoms with Crippen molar-refractivity contribution in [1.29, 1.82) is 0 Å². The molecule has 0 bridgehead atoms. The molecule has 0 aromatic carbocycles. The normalized spacial score (nSPS) is 12.0. The lowest BCUT2D eigenvalue weighted by molar-refractivity contribution is -0.167. The highest BCUT2D eigenvalue weighted by Gasteiger charge is 2.19. The van der Waals surface area contributed by atoms with Crippen molar-refractivity contribution in [2.75, 3.05) is 13.2 Å². The van der Waals surface area contributed by atoms with Crippen LogP contribution in [-0.4, -0.2) is 37.2 Å². The zero-order valence-electron chi connectivity index (χ0n) is 41.9. The molecular weight excluding hydrogens is 769 g/mol. The number of hydrogen-bond donors (Lipinski definition) is 0. The van der Waals surface area contributed by atoms with Crippen molar-refractivity contribution < 1.29 is 28.6 Å². The molecule has 6 heteroatoms. The maximum absolute atomic E-state index is 12.7. The molecule has 0 aromatic rings. The van der Waals surface area contributed by atoms with E-state index in [2.05, 4.69) is 32.9 Å².